The van der Waals surface area contributed by atoms with Crippen LogP contribution in [0.5, 0.6) is 0 Å². The normalized spacial score (nSPS) is 10.7. The second-order valence-electron chi connectivity index (χ2n) is 3.50. The Balaban J connectivity index is 2.68. The molecule has 0 saturated heterocycles. The van der Waals surface area contributed by atoms with Crippen LogP contribution in [0.3, 0.4) is 0 Å². The summed E-state index contributed by atoms with van der Waals surface area (Å²) in [5, 5.41) is 2.70. The summed E-state index contributed by atoms with van der Waals surface area (Å²) < 4.78 is 1.19. The van der Waals surface area contributed by atoms with Crippen molar-refractivity contribution in [2.45, 2.75) is 19.8 Å². The summed E-state index contributed by atoms with van der Waals surface area (Å²) in [6.07, 6.45) is 2.36. The minimum absolute atomic E-state index is 1.16. The second kappa shape index (κ2) is 4.14. The number of benzene rings is 2. The van der Waals surface area contributed by atoms with Crippen molar-refractivity contribution in [1.82, 2.24) is 0 Å². The van der Waals surface area contributed by atoms with Crippen molar-refractivity contribution in [2.75, 3.05) is 0 Å². The Hall–Kier alpha value is -0.820. The van der Waals surface area contributed by atoms with Crippen LogP contribution in [0.15, 0.2) is 40.9 Å². The Labute approximate surface area is 93.1 Å². The lowest BCUT2D eigenvalue weighted by molar-refractivity contribution is 0.929. The molecule has 72 valence electrons. The van der Waals surface area contributed by atoms with Gasteiger partial charge in [-0.15, -0.1) is 0 Å². The average Bonchev–Trinajstić information content (AvgIpc) is 2.20. The van der Waals surface area contributed by atoms with Gasteiger partial charge >= 0.3 is 0 Å². The molecule has 0 aromatic heterocycles. The van der Waals surface area contributed by atoms with Crippen LogP contribution in [-0.2, 0) is 6.42 Å². The molecule has 0 saturated carbocycles. The zero-order valence-corrected chi connectivity index (χ0v) is 9.84. The third-order valence-electron chi connectivity index (χ3n) is 2.48. The first-order chi connectivity index (χ1) is 6.83. The van der Waals surface area contributed by atoms with Crippen molar-refractivity contribution < 1.29 is 0 Å². The van der Waals surface area contributed by atoms with Gasteiger partial charge in [0.15, 0.2) is 0 Å². The molecule has 0 bridgehead atoms. The predicted molar refractivity (Wildman–Crippen MR) is 65.6 cm³/mol. The third-order valence-corrected chi connectivity index (χ3v) is 3.17. The van der Waals surface area contributed by atoms with Gasteiger partial charge in [-0.25, -0.2) is 0 Å². The van der Waals surface area contributed by atoms with E-state index in [-0.39, 0.29) is 0 Å². The number of rotatable bonds is 2. The highest BCUT2D eigenvalue weighted by Gasteiger charge is 2.01. The van der Waals surface area contributed by atoms with E-state index in [2.05, 4.69) is 59.3 Å². The van der Waals surface area contributed by atoms with Gasteiger partial charge in [0.05, 0.1) is 0 Å². The molecule has 0 aliphatic heterocycles. The number of fused-ring (bicyclic) bond motifs is 1. The number of hydrogen-bond donors (Lipinski definition) is 0. The lowest BCUT2D eigenvalue weighted by Crippen LogP contribution is -1.85. The molecule has 0 heterocycles. The molecular formula is C13H13Br. The second-order valence-corrected chi connectivity index (χ2v) is 4.36. The summed E-state index contributed by atoms with van der Waals surface area (Å²) >= 11 is 3.58. The maximum Gasteiger partial charge on any atom is 0.0253 e. The predicted octanol–water partition coefficient (Wildman–Crippen LogP) is 4.55. The highest BCUT2D eigenvalue weighted by Crippen LogP contribution is 2.26. The minimum Gasteiger partial charge on any atom is -0.0651 e. The van der Waals surface area contributed by atoms with Gasteiger partial charge in [-0.3, -0.25) is 0 Å². The maximum absolute atomic E-state index is 3.58. The SMILES string of the molecule is CCCc1cccc2c(Br)cccc12. The first-order valence-electron chi connectivity index (χ1n) is 4.99. The summed E-state index contributed by atoms with van der Waals surface area (Å²) in [6.45, 7) is 2.22. The fourth-order valence-corrected chi connectivity index (χ4v) is 2.32. The van der Waals surface area contributed by atoms with Gasteiger partial charge in [-0.1, -0.05) is 59.6 Å². The van der Waals surface area contributed by atoms with Crippen LogP contribution >= 0.6 is 15.9 Å². The Morgan fingerprint density at radius 3 is 2.50 bits per heavy atom. The van der Waals surface area contributed by atoms with E-state index in [9.17, 15) is 0 Å². The van der Waals surface area contributed by atoms with E-state index in [1.807, 2.05) is 0 Å². The van der Waals surface area contributed by atoms with Crippen LogP contribution < -0.4 is 0 Å². The molecule has 0 fully saturated rings. The van der Waals surface area contributed by atoms with E-state index in [4.69, 9.17) is 0 Å². The molecule has 0 atom stereocenters. The van der Waals surface area contributed by atoms with Crippen molar-refractivity contribution in [1.29, 1.82) is 0 Å². The van der Waals surface area contributed by atoms with Crippen LogP contribution in [0.25, 0.3) is 10.8 Å². The van der Waals surface area contributed by atoms with Crippen molar-refractivity contribution in [3.63, 3.8) is 0 Å². The van der Waals surface area contributed by atoms with Crippen molar-refractivity contribution >= 4 is 26.7 Å². The summed E-state index contributed by atoms with van der Waals surface area (Å²) in [6, 6.07) is 12.9. The van der Waals surface area contributed by atoms with Gasteiger partial charge in [0.1, 0.15) is 0 Å². The van der Waals surface area contributed by atoms with E-state index >= 15 is 0 Å². The van der Waals surface area contributed by atoms with E-state index < -0.39 is 0 Å². The summed E-state index contributed by atoms with van der Waals surface area (Å²) in [5.74, 6) is 0. The minimum atomic E-state index is 1.16. The molecule has 2 aromatic rings. The van der Waals surface area contributed by atoms with Crippen LogP contribution in [0.2, 0.25) is 0 Å². The lowest BCUT2D eigenvalue weighted by Gasteiger charge is -2.06. The van der Waals surface area contributed by atoms with E-state index in [0.29, 0.717) is 0 Å². The molecule has 2 rings (SSSR count). The van der Waals surface area contributed by atoms with Gasteiger partial charge in [0, 0.05) is 4.47 Å². The van der Waals surface area contributed by atoms with Gasteiger partial charge in [0.25, 0.3) is 0 Å². The highest BCUT2D eigenvalue weighted by atomic mass is 79.9. The zero-order chi connectivity index (χ0) is 9.97. The molecule has 0 spiro atoms. The first-order valence-corrected chi connectivity index (χ1v) is 5.78. The van der Waals surface area contributed by atoms with Crippen LogP contribution in [0.4, 0.5) is 0 Å². The van der Waals surface area contributed by atoms with E-state index in [1.54, 1.807) is 0 Å². The monoisotopic (exact) mass is 248 g/mol. The standard InChI is InChI=1S/C13H13Br/c1-2-5-10-6-3-8-12-11(10)7-4-9-13(12)14/h3-4,6-9H,2,5H2,1H3. The summed E-state index contributed by atoms with van der Waals surface area (Å²) in [4.78, 5) is 0. The fourth-order valence-electron chi connectivity index (χ4n) is 1.82. The van der Waals surface area contributed by atoms with Gasteiger partial charge in [-0.2, -0.15) is 0 Å². The van der Waals surface area contributed by atoms with Gasteiger partial charge in [0.2, 0.25) is 0 Å². The Bertz CT molecular complexity index is 446. The first kappa shape index (κ1) is 9.72. The van der Waals surface area contributed by atoms with Crippen LogP contribution in [0.1, 0.15) is 18.9 Å². The van der Waals surface area contributed by atoms with Gasteiger partial charge in [-0.05, 0) is 28.8 Å². The largest absolute Gasteiger partial charge is 0.0651 e. The quantitative estimate of drug-likeness (QED) is 0.732. The van der Waals surface area contributed by atoms with Crippen LogP contribution in [-0.4, -0.2) is 0 Å². The molecule has 0 aliphatic rings. The Morgan fingerprint density at radius 2 is 1.71 bits per heavy atom. The van der Waals surface area contributed by atoms with Gasteiger partial charge < -0.3 is 0 Å². The molecule has 0 unspecified atom stereocenters. The maximum atomic E-state index is 3.58. The zero-order valence-electron chi connectivity index (χ0n) is 8.26. The summed E-state index contributed by atoms with van der Waals surface area (Å²) in [7, 11) is 0. The molecule has 14 heavy (non-hydrogen) atoms. The summed E-state index contributed by atoms with van der Waals surface area (Å²) in [5.41, 5.74) is 1.45. The molecule has 0 nitrogen and oxygen atoms in total. The smallest absolute Gasteiger partial charge is 0.0253 e. The highest BCUT2D eigenvalue weighted by molar-refractivity contribution is 9.10. The molecule has 2 aromatic carbocycles. The fraction of sp³-hybridized carbons (Fsp3) is 0.231. The lowest BCUT2D eigenvalue weighted by atomic mass is 10.0. The number of aryl methyl sites for hydroxylation is 1. The van der Waals surface area contributed by atoms with E-state index in [0.717, 1.165) is 6.42 Å². The molecule has 1 heteroatoms. The molecule has 0 aliphatic carbocycles. The Kier molecular flexibility index (Phi) is 2.87. The third kappa shape index (κ3) is 1.69. The van der Waals surface area contributed by atoms with Crippen molar-refractivity contribution in [3.05, 3.63) is 46.4 Å². The Morgan fingerprint density at radius 1 is 1.00 bits per heavy atom. The van der Waals surface area contributed by atoms with Crippen LogP contribution in [0, 0.1) is 0 Å². The molecule has 0 amide bonds. The molecule has 0 N–H and O–H groups in total. The molecular weight excluding hydrogens is 236 g/mol. The number of halogens is 1. The van der Waals surface area contributed by atoms with E-state index in [1.165, 1.54) is 27.2 Å². The molecule has 0 radical (unpaired) electrons. The van der Waals surface area contributed by atoms with Crippen molar-refractivity contribution in [3.8, 4) is 0 Å². The number of hydrogen-bond acceptors (Lipinski definition) is 0. The average molecular weight is 249 g/mol. The topological polar surface area (TPSA) is 0 Å². The van der Waals surface area contributed by atoms with Crippen molar-refractivity contribution in [2.24, 2.45) is 0 Å².